The predicted octanol–water partition coefficient (Wildman–Crippen LogP) is 4.94. The van der Waals surface area contributed by atoms with E-state index >= 15 is 0 Å². The Morgan fingerprint density at radius 2 is 1.94 bits per heavy atom. The van der Waals surface area contributed by atoms with E-state index in [1.54, 1.807) is 24.3 Å². The van der Waals surface area contributed by atoms with Gasteiger partial charge in [0.15, 0.2) is 17.3 Å². The summed E-state index contributed by atoms with van der Waals surface area (Å²) >= 11 is 3.58. The maximum Gasteiger partial charge on any atom is 0.335 e. The molecular weight excluding hydrogens is 516 g/mol. The number of ketones is 1. The van der Waals surface area contributed by atoms with Crippen LogP contribution in [0.15, 0.2) is 63.7 Å². The van der Waals surface area contributed by atoms with Crippen LogP contribution in [-0.4, -0.2) is 23.5 Å². The number of hydrogen-bond donors (Lipinski definition) is 2. The molecule has 0 saturated heterocycles. The van der Waals surface area contributed by atoms with Crippen molar-refractivity contribution in [3.8, 4) is 17.6 Å². The number of carboxylic acid groups (broad SMARTS) is 1. The molecule has 1 aliphatic carbocycles. The minimum atomic E-state index is -0.995. The normalized spacial score (nSPS) is 17.4. The maximum atomic E-state index is 12.9. The molecular formula is C26H23BrN2O6. The van der Waals surface area contributed by atoms with Gasteiger partial charge in [-0.3, -0.25) is 4.79 Å². The number of allylic oxidation sites excluding steroid dienone is 3. The van der Waals surface area contributed by atoms with Crippen molar-refractivity contribution in [2.24, 2.45) is 5.73 Å². The van der Waals surface area contributed by atoms with E-state index in [1.807, 2.05) is 6.92 Å². The number of rotatable bonds is 7. The highest BCUT2D eigenvalue weighted by atomic mass is 79.9. The summed E-state index contributed by atoms with van der Waals surface area (Å²) in [4.78, 5) is 23.9. The summed E-state index contributed by atoms with van der Waals surface area (Å²) in [7, 11) is 0. The molecule has 35 heavy (non-hydrogen) atoms. The van der Waals surface area contributed by atoms with Gasteiger partial charge >= 0.3 is 5.97 Å². The van der Waals surface area contributed by atoms with E-state index in [0.29, 0.717) is 58.7 Å². The highest BCUT2D eigenvalue weighted by molar-refractivity contribution is 9.10. The van der Waals surface area contributed by atoms with Gasteiger partial charge in [0.25, 0.3) is 0 Å². The second kappa shape index (κ2) is 10.2. The van der Waals surface area contributed by atoms with Crippen LogP contribution in [-0.2, 0) is 16.1 Å². The van der Waals surface area contributed by atoms with E-state index in [9.17, 15) is 14.9 Å². The van der Waals surface area contributed by atoms with Crippen LogP contribution in [0, 0.1) is 11.3 Å². The van der Waals surface area contributed by atoms with E-state index in [1.165, 1.54) is 12.1 Å². The quantitative estimate of drug-likeness (QED) is 0.506. The van der Waals surface area contributed by atoms with Gasteiger partial charge in [0.2, 0.25) is 5.88 Å². The van der Waals surface area contributed by atoms with Gasteiger partial charge in [0.1, 0.15) is 24.0 Å². The van der Waals surface area contributed by atoms with E-state index in [0.717, 1.165) is 5.56 Å². The van der Waals surface area contributed by atoms with Crippen molar-refractivity contribution in [1.29, 1.82) is 5.26 Å². The molecule has 0 radical (unpaired) electrons. The van der Waals surface area contributed by atoms with Gasteiger partial charge in [-0.15, -0.1) is 0 Å². The van der Waals surface area contributed by atoms with Crippen LogP contribution in [0.4, 0.5) is 0 Å². The molecule has 9 heteroatoms. The molecule has 4 rings (SSSR count). The summed E-state index contributed by atoms with van der Waals surface area (Å²) in [5, 5.41) is 18.9. The molecule has 2 aromatic rings. The summed E-state index contributed by atoms with van der Waals surface area (Å²) < 4.78 is 18.1. The van der Waals surface area contributed by atoms with Crippen LogP contribution in [0.2, 0.25) is 0 Å². The minimum absolute atomic E-state index is 0.000874. The predicted molar refractivity (Wildman–Crippen MR) is 130 cm³/mol. The number of nitrogens with two attached hydrogens (primary N) is 1. The molecule has 3 N–H and O–H groups in total. The smallest absolute Gasteiger partial charge is 0.335 e. The first-order valence-electron chi connectivity index (χ1n) is 11.1. The molecule has 180 valence electrons. The summed E-state index contributed by atoms with van der Waals surface area (Å²) in [6.07, 6.45) is 1.63. The van der Waals surface area contributed by atoms with Crippen LogP contribution in [0.25, 0.3) is 0 Å². The lowest BCUT2D eigenvalue weighted by Crippen LogP contribution is -2.27. The standard InChI is InChI=1S/C26H23BrN2O6/c1-2-33-21-10-16(23-17(12-28)25(29)35-20-5-3-4-19(30)24(20)23)18(27)11-22(21)34-13-14-6-8-15(9-7-14)26(31)32/h6-11,23H,2-5,13,29H2,1H3,(H,31,32)/t23-/m0/s1. The zero-order chi connectivity index (χ0) is 25.1. The average molecular weight is 539 g/mol. The maximum absolute atomic E-state index is 12.9. The number of Topliss-reactive ketones (excluding diaryl/α,β-unsaturated/α-hetero) is 1. The van der Waals surface area contributed by atoms with E-state index < -0.39 is 11.9 Å². The number of carboxylic acids is 1. The number of ether oxygens (including phenoxy) is 3. The van der Waals surface area contributed by atoms with Gasteiger partial charge in [-0.1, -0.05) is 28.1 Å². The number of nitrogens with zero attached hydrogens (tertiary/aromatic N) is 1. The summed E-state index contributed by atoms with van der Waals surface area (Å²) in [5.74, 6) is -0.324. The lowest BCUT2D eigenvalue weighted by Gasteiger charge is -2.31. The fraction of sp³-hybridized carbons (Fsp3) is 0.269. The Balaban J connectivity index is 1.71. The van der Waals surface area contributed by atoms with Crippen LogP contribution in [0.1, 0.15) is 53.6 Å². The Morgan fingerprint density at radius 3 is 2.60 bits per heavy atom. The fourth-order valence-corrected chi connectivity index (χ4v) is 4.78. The molecule has 0 amide bonds. The number of hydrogen-bond acceptors (Lipinski definition) is 7. The molecule has 0 saturated carbocycles. The first kappa shape index (κ1) is 24.4. The van der Waals surface area contributed by atoms with Gasteiger partial charge < -0.3 is 25.1 Å². The molecule has 0 spiro atoms. The molecule has 0 unspecified atom stereocenters. The van der Waals surface area contributed by atoms with E-state index in [4.69, 9.17) is 25.1 Å². The third-order valence-electron chi connectivity index (χ3n) is 5.87. The van der Waals surface area contributed by atoms with Crippen LogP contribution < -0.4 is 15.2 Å². The van der Waals surface area contributed by atoms with Gasteiger partial charge in [0, 0.05) is 22.9 Å². The summed E-state index contributed by atoms with van der Waals surface area (Å²) in [6, 6.07) is 12.0. The van der Waals surface area contributed by atoms with Crippen LogP contribution in [0.5, 0.6) is 11.5 Å². The highest BCUT2D eigenvalue weighted by Crippen LogP contribution is 2.47. The second-order valence-corrected chi connectivity index (χ2v) is 8.94. The van der Waals surface area contributed by atoms with Crippen molar-refractivity contribution in [2.75, 3.05) is 6.61 Å². The lowest BCUT2D eigenvalue weighted by atomic mass is 9.77. The molecule has 2 aromatic carbocycles. The Hall–Kier alpha value is -3.77. The van der Waals surface area contributed by atoms with E-state index in [-0.39, 0.29) is 29.4 Å². The zero-order valence-corrected chi connectivity index (χ0v) is 20.6. The third kappa shape index (κ3) is 4.88. The van der Waals surface area contributed by atoms with Crippen molar-refractivity contribution < 1.29 is 28.9 Å². The molecule has 2 aliphatic rings. The lowest BCUT2D eigenvalue weighted by molar-refractivity contribution is -0.116. The minimum Gasteiger partial charge on any atom is -0.490 e. The van der Waals surface area contributed by atoms with Gasteiger partial charge in [0.05, 0.1) is 18.1 Å². The first-order chi connectivity index (χ1) is 16.8. The first-order valence-corrected chi connectivity index (χ1v) is 11.9. The summed E-state index contributed by atoms with van der Waals surface area (Å²) in [6.45, 7) is 2.40. The Kier molecular flexibility index (Phi) is 7.12. The molecule has 8 nitrogen and oxygen atoms in total. The largest absolute Gasteiger partial charge is 0.490 e. The topological polar surface area (TPSA) is 132 Å². The van der Waals surface area contributed by atoms with Crippen molar-refractivity contribution in [3.05, 3.63) is 80.3 Å². The summed E-state index contributed by atoms with van der Waals surface area (Å²) in [5.41, 5.74) is 8.33. The van der Waals surface area contributed by atoms with Crippen molar-refractivity contribution in [3.63, 3.8) is 0 Å². The van der Waals surface area contributed by atoms with Crippen LogP contribution >= 0.6 is 15.9 Å². The fourth-order valence-electron chi connectivity index (χ4n) is 4.23. The zero-order valence-electron chi connectivity index (χ0n) is 19.0. The van der Waals surface area contributed by atoms with Crippen molar-refractivity contribution >= 4 is 27.7 Å². The van der Waals surface area contributed by atoms with Gasteiger partial charge in [-0.2, -0.15) is 5.26 Å². The van der Waals surface area contributed by atoms with Crippen molar-refractivity contribution in [1.82, 2.24) is 0 Å². The molecule has 1 atom stereocenters. The third-order valence-corrected chi connectivity index (χ3v) is 6.56. The number of carbonyl (C=O) groups is 2. The number of halogens is 1. The van der Waals surface area contributed by atoms with Crippen molar-refractivity contribution in [2.45, 2.75) is 38.7 Å². The average Bonchev–Trinajstić information content (AvgIpc) is 2.83. The molecule has 0 aromatic heterocycles. The number of nitriles is 1. The van der Waals surface area contributed by atoms with Gasteiger partial charge in [-0.05, 0) is 48.7 Å². The van der Waals surface area contributed by atoms with E-state index in [2.05, 4.69) is 22.0 Å². The number of carbonyl (C=O) groups excluding carboxylic acids is 1. The molecule has 1 heterocycles. The van der Waals surface area contributed by atoms with Gasteiger partial charge in [-0.25, -0.2) is 4.79 Å². The molecule has 0 fully saturated rings. The SMILES string of the molecule is CCOc1cc([C@H]2C(C#N)=C(N)OC3=C2C(=O)CCC3)c(Br)cc1OCc1ccc(C(=O)O)cc1. The Labute approximate surface area is 210 Å². The second-order valence-electron chi connectivity index (χ2n) is 8.08. The molecule has 1 aliphatic heterocycles. The highest BCUT2D eigenvalue weighted by Gasteiger charge is 2.39. The Bertz CT molecular complexity index is 1290. The number of aromatic carboxylic acids is 1. The van der Waals surface area contributed by atoms with Crippen LogP contribution in [0.3, 0.4) is 0 Å². The Morgan fingerprint density at radius 1 is 1.23 bits per heavy atom. The molecule has 0 bridgehead atoms. The monoisotopic (exact) mass is 538 g/mol. The number of benzene rings is 2.